The number of hydrogen-bond acceptors (Lipinski definition) is 7. The van der Waals surface area contributed by atoms with Gasteiger partial charge in [0.15, 0.2) is 0 Å². The van der Waals surface area contributed by atoms with Gasteiger partial charge in [-0.1, -0.05) is 36.4 Å². The summed E-state index contributed by atoms with van der Waals surface area (Å²) in [6.45, 7) is 1.75. The van der Waals surface area contributed by atoms with E-state index in [-0.39, 0.29) is 36.5 Å². The van der Waals surface area contributed by atoms with Crippen LogP contribution in [0.25, 0.3) is 5.57 Å². The van der Waals surface area contributed by atoms with E-state index in [2.05, 4.69) is 25.9 Å². The summed E-state index contributed by atoms with van der Waals surface area (Å²) >= 11 is 0. The fourth-order valence-corrected chi connectivity index (χ4v) is 5.04. The predicted molar refractivity (Wildman–Crippen MR) is 140 cm³/mol. The van der Waals surface area contributed by atoms with Crippen molar-refractivity contribution in [1.82, 2.24) is 14.3 Å². The summed E-state index contributed by atoms with van der Waals surface area (Å²) in [7, 11) is -3.39. The fraction of sp³-hybridized carbons (Fsp3) is 0.320. The van der Waals surface area contributed by atoms with Crippen LogP contribution in [-0.4, -0.2) is 54.0 Å². The van der Waals surface area contributed by atoms with Crippen LogP contribution in [0.1, 0.15) is 30.9 Å². The van der Waals surface area contributed by atoms with Crippen molar-refractivity contribution in [1.29, 1.82) is 0 Å². The normalized spacial score (nSPS) is 18.1. The maximum atomic E-state index is 13.8. The molecule has 202 valence electrons. The highest BCUT2D eigenvalue weighted by Gasteiger charge is 2.36. The molecule has 3 N–H and O–H groups in total. The molecule has 1 aromatic heterocycles. The van der Waals surface area contributed by atoms with Gasteiger partial charge in [-0.15, -0.1) is 0 Å². The van der Waals surface area contributed by atoms with Crippen molar-refractivity contribution in [2.24, 2.45) is 0 Å². The first-order chi connectivity index (χ1) is 17.9. The number of anilines is 4. The van der Waals surface area contributed by atoms with Gasteiger partial charge in [-0.25, -0.2) is 17.7 Å². The lowest BCUT2D eigenvalue weighted by molar-refractivity contribution is -0.137. The largest absolute Gasteiger partial charge is 0.421 e. The Kier molecular flexibility index (Phi) is 7.88. The Balaban J connectivity index is 1.65. The second-order valence-electron chi connectivity index (χ2n) is 8.98. The topological polar surface area (TPSA) is 116 Å². The van der Waals surface area contributed by atoms with Gasteiger partial charge in [-0.05, 0) is 36.1 Å². The fourth-order valence-electron chi connectivity index (χ4n) is 4.15. The lowest BCUT2D eigenvalue weighted by atomic mass is 10.0. The molecule has 1 aliphatic carbocycles. The molecule has 2 aliphatic rings. The van der Waals surface area contributed by atoms with E-state index < -0.39 is 33.5 Å². The highest BCUT2D eigenvalue weighted by molar-refractivity contribution is 7.88. The summed E-state index contributed by atoms with van der Waals surface area (Å²) in [5.41, 5.74) is 1.18. The zero-order valence-corrected chi connectivity index (χ0v) is 21.5. The van der Waals surface area contributed by atoms with E-state index in [0.29, 0.717) is 19.0 Å². The Labute approximate surface area is 218 Å². The Morgan fingerprint density at radius 3 is 2.63 bits per heavy atom. The molecule has 9 nitrogen and oxygen atoms in total. The number of carbonyl (C=O) groups is 1. The SMILES string of the molecule is CC(=O)Nc1cc(C2=CC=CC=CC2)ccc1Nc1nc(N[C@H]2CCN(S(C)(=O)=O)C2)ncc1C(F)(F)F. The van der Waals surface area contributed by atoms with E-state index in [1.54, 1.807) is 18.2 Å². The molecule has 1 aliphatic heterocycles. The van der Waals surface area contributed by atoms with Crippen molar-refractivity contribution in [2.45, 2.75) is 32.0 Å². The van der Waals surface area contributed by atoms with Crippen molar-refractivity contribution in [3.63, 3.8) is 0 Å². The average molecular weight is 549 g/mol. The van der Waals surface area contributed by atoms with Crippen molar-refractivity contribution in [3.8, 4) is 0 Å². The zero-order valence-electron chi connectivity index (χ0n) is 20.7. The molecule has 2 aromatic rings. The van der Waals surface area contributed by atoms with Crippen LogP contribution < -0.4 is 16.0 Å². The van der Waals surface area contributed by atoms with Crippen LogP contribution in [0.3, 0.4) is 0 Å². The standard InChI is InChI=1S/C25H27F3N6O3S/c1-16(35)30-22-13-18(17-7-5-3-4-6-8-17)9-10-21(22)32-23-20(25(26,27)28)14-29-24(33-23)31-19-11-12-34(15-19)38(2,36)37/h3-7,9-10,13-14,19H,8,11-12,15H2,1-2H3,(H,30,35)(H2,29,31,32,33)/t19-/m0/s1. The molecule has 2 heterocycles. The molecule has 0 unspecified atom stereocenters. The number of nitrogens with zero attached hydrogens (tertiary/aromatic N) is 3. The third-order valence-corrected chi connectivity index (χ3v) is 7.26. The molecule has 0 bridgehead atoms. The number of sulfonamides is 1. The number of carbonyl (C=O) groups excluding carboxylic acids is 1. The van der Waals surface area contributed by atoms with Crippen molar-refractivity contribution >= 4 is 44.6 Å². The van der Waals surface area contributed by atoms with E-state index in [4.69, 9.17) is 0 Å². The summed E-state index contributed by atoms with van der Waals surface area (Å²) in [6.07, 6.45) is 7.71. The van der Waals surface area contributed by atoms with Gasteiger partial charge in [0.2, 0.25) is 21.9 Å². The number of aromatic nitrogens is 2. The van der Waals surface area contributed by atoms with Gasteiger partial charge < -0.3 is 16.0 Å². The Hall–Kier alpha value is -3.71. The minimum atomic E-state index is -4.75. The monoisotopic (exact) mass is 548 g/mol. The lowest BCUT2D eigenvalue weighted by Gasteiger charge is -2.19. The summed E-state index contributed by atoms with van der Waals surface area (Å²) < 4.78 is 66.3. The second-order valence-corrected chi connectivity index (χ2v) is 11.0. The van der Waals surface area contributed by atoms with Crippen LogP contribution in [-0.2, 0) is 21.0 Å². The average Bonchev–Trinajstić information content (AvgIpc) is 3.13. The maximum Gasteiger partial charge on any atom is 0.421 e. The molecule has 1 fully saturated rings. The molecule has 4 rings (SSSR count). The van der Waals surface area contributed by atoms with Gasteiger partial charge in [-0.3, -0.25) is 4.79 Å². The molecule has 1 amide bonds. The van der Waals surface area contributed by atoms with Gasteiger partial charge in [0.05, 0.1) is 17.6 Å². The van der Waals surface area contributed by atoms with Gasteiger partial charge in [0, 0.05) is 32.3 Å². The van der Waals surface area contributed by atoms with E-state index in [1.807, 2.05) is 30.4 Å². The number of allylic oxidation sites excluding steroid dienone is 6. The van der Waals surface area contributed by atoms with Crippen molar-refractivity contribution < 1.29 is 26.4 Å². The highest BCUT2D eigenvalue weighted by atomic mass is 32.2. The lowest BCUT2D eigenvalue weighted by Crippen LogP contribution is -2.31. The summed E-state index contributed by atoms with van der Waals surface area (Å²) in [5, 5.41) is 8.31. The Morgan fingerprint density at radius 2 is 1.95 bits per heavy atom. The van der Waals surface area contributed by atoms with Gasteiger partial charge in [-0.2, -0.15) is 18.2 Å². The quantitative estimate of drug-likeness (QED) is 0.465. The predicted octanol–water partition coefficient (Wildman–Crippen LogP) is 4.54. The van der Waals surface area contributed by atoms with Gasteiger partial charge in [0.1, 0.15) is 11.4 Å². The number of halogens is 3. The minimum Gasteiger partial charge on any atom is -0.350 e. The van der Waals surface area contributed by atoms with Crippen molar-refractivity contribution in [2.75, 3.05) is 35.3 Å². The number of rotatable bonds is 7. The van der Waals surface area contributed by atoms with Crippen LogP contribution in [0, 0.1) is 0 Å². The first kappa shape index (κ1) is 27.3. The molecule has 13 heteroatoms. The smallest absolute Gasteiger partial charge is 0.350 e. The first-order valence-corrected chi connectivity index (χ1v) is 13.6. The summed E-state index contributed by atoms with van der Waals surface area (Å²) in [5.74, 6) is -0.981. The third-order valence-electron chi connectivity index (χ3n) is 5.99. The van der Waals surface area contributed by atoms with E-state index in [9.17, 15) is 26.4 Å². The number of benzene rings is 1. The molecular formula is C25H27F3N6O3S. The van der Waals surface area contributed by atoms with E-state index >= 15 is 0 Å². The molecular weight excluding hydrogens is 521 g/mol. The Bertz CT molecular complexity index is 1420. The molecule has 0 saturated carbocycles. The van der Waals surface area contributed by atoms with E-state index in [1.165, 1.54) is 11.2 Å². The molecule has 1 aromatic carbocycles. The van der Waals surface area contributed by atoms with Gasteiger partial charge >= 0.3 is 6.18 Å². The van der Waals surface area contributed by atoms with E-state index in [0.717, 1.165) is 17.4 Å². The zero-order chi connectivity index (χ0) is 27.5. The number of hydrogen-bond donors (Lipinski definition) is 3. The van der Waals surface area contributed by atoms with Crippen LogP contribution in [0.4, 0.5) is 36.3 Å². The molecule has 38 heavy (non-hydrogen) atoms. The van der Waals surface area contributed by atoms with Crippen molar-refractivity contribution in [3.05, 3.63) is 65.9 Å². The van der Waals surface area contributed by atoms with Crippen LogP contribution in [0.5, 0.6) is 0 Å². The summed E-state index contributed by atoms with van der Waals surface area (Å²) in [4.78, 5) is 19.8. The second kappa shape index (κ2) is 11.0. The van der Waals surface area contributed by atoms with Crippen LogP contribution >= 0.6 is 0 Å². The first-order valence-electron chi connectivity index (χ1n) is 11.8. The van der Waals surface area contributed by atoms with Gasteiger partial charge in [0.25, 0.3) is 0 Å². The molecule has 1 atom stereocenters. The Morgan fingerprint density at radius 1 is 1.16 bits per heavy atom. The third kappa shape index (κ3) is 6.78. The number of nitrogens with one attached hydrogen (secondary N) is 3. The highest BCUT2D eigenvalue weighted by Crippen LogP contribution is 2.37. The minimum absolute atomic E-state index is 0.0827. The molecule has 0 radical (unpaired) electrons. The molecule has 1 saturated heterocycles. The number of amides is 1. The number of alkyl halides is 3. The summed E-state index contributed by atoms with van der Waals surface area (Å²) in [6, 6.07) is 4.66. The maximum absolute atomic E-state index is 13.8. The van der Waals surface area contributed by atoms with Crippen LogP contribution in [0.2, 0.25) is 0 Å². The molecule has 0 spiro atoms. The van der Waals surface area contributed by atoms with Crippen LogP contribution in [0.15, 0.2) is 54.8 Å².